The van der Waals surface area contributed by atoms with Gasteiger partial charge in [0, 0.05) is 6.42 Å². The molecule has 1 aliphatic carbocycles. The average Bonchev–Trinajstić information content (AvgIpc) is 2.23. The zero-order valence-electron chi connectivity index (χ0n) is 7.83. The lowest BCUT2D eigenvalue weighted by molar-refractivity contribution is -0.219. The minimum absolute atomic E-state index is 0.0641. The van der Waals surface area contributed by atoms with Gasteiger partial charge in [-0.05, 0) is 0 Å². The van der Waals surface area contributed by atoms with E-state index in [4.69, 9.17) is 9.84 Å². The minimum atomic E-state index is -1.51. The smallest absolute Gasteiger partial charge is 0.408 e. The van der Waals surface area contributed by atoms with Gasteiger partial charge in [0.1, 0.15) is 18.3 Å². The first-order valence-corrected chi connectivity index (χ1v) is 4.65. The van der Waals surface area contributed by atoms with Crippen LogP contribution in [0.1, 0.15) is 6.42 Å². The summed E-state index contributed by atoms with van der Waals surface area (Å²) in [7, 11) is 0. The Balaban J connectivity index is 2.32. The third kappa shape index (κ3) is 1.39. The predicted molar refractivity (Wildman–Crippen MR) is 45.9 cm³/mol. The first kappa shape index (κ1) is 10.6. The van der Waals surface area contributed by atoms with Crippen LogP contribution in [-0.2, 0) is 4.74 Å². The third-order valence-electron chi connectivity index (χ3n) is 3.06. The molecule has 7 nitrogen and oxygen atoms in total. The highest BCUT2D eigenvalue weighted by atomic mass is 16.6. The summed E-state index contributed by atoms with van der Waals surface area (Å²) < 4.78 is 4.80. The molecule has 1 heterocycles. The van der Waals surface area contributed by atoms with Gasteiger partial charge in [0.2, 0.25) is 0 Å². The number of nitrogens with one attached hydrogen (secondary N) is 1. The standard InChI is InChI=1S/C8H13NO6/c10-2-8-1-3(9-7(14)15-8)4(11)5(12)6(8)13/h3-6,10-13H,1-2H2,(H,9,14)/t3-,4+,5-,6+,8-/m0/s1. The maximum atomic E-state index is 11.1. The number of alkyl carbamates (subject to hydrolysis) is 1. The van der Waals surface area contributed by atoms with Crippen LogP contribution >= 0.6 is 0 Å². The van der Waals surface area contributed by atoms with Gasteiger partial charge in [-0.3, -0.25) is 0 Å². The van der Waals surface area contributed by atoms with Crippen LogP contribution in [0.3, 0.4) is 0 Å². The quantitative estimate of drug-likeness (QED) is 0.328. The average molecular weight is 219 g/mol. The van der Waals surface area contributed by atoms with Gasteiger partial charge in [0.15, 0.2) is 5.60 Å². The molecule has 2 bridgehead atoms. The lowest BCUT2D eigenvalue weighted by Crippen LogP contribution is -2.72. The fraction of sp³-hybridized carbons (Fsp3) is 0.875. The Morgan fingerprint density at radius 2 is 2.07 bits per heavy atom. The lowest BCUT2D eigenvalue weighted by atomic mass is 9.75. The highest BCUT2D eigenvalue weighted by Gasteiger charge is 2.57. The molecular weight excluding hydrogens is 206 g/mol. The van der Waals surface area contributed by atoms with Gasteiger partial charge in [0.25, 0.3) is 0 Å². The van der Waals surface area contributed by atoms with Gasteiger partial charge in [-0.1, -0.05) is 0 Å². The van der Waals surface area contributed by atoms with Crippen molar-refractivity contribution < 1.29 is 30.0 Å². The van der Waals surface area contributed by atoms with Crippen molar-refractivity contribution in [2.45, 2.75) is 36.4 Å². The van der Waals surface area contributed by atoms with Gasteiger partial charge >= 0.3 is 6.09 Å². The molecule has 2 aliphatic rings. The Morgan fingerprint density at radius 1 is 1.40 bits per heavy atom. The SMILES string of the molecule is O=C1N[C@H]2C[C@@](CO)(O1)[C@H](O)[C@@H](O)[C@@H]2O. The second kappa shape index (κ2) is 3.31. The van der Waals surface area contributed by atoms with E-state index in [1.165, 1.54) is 0 Å². The Kier molecular flexibility index (Phi) is 2.34. The Bertz CT molecular complexity index is 284. The molecule has 2 fully saturated rings. The fourth-order valence-corrected chi connectivity index (χ4v) is 2.14. The van der Waals surface area contributed by atoms with Gasteiger partial charge in [-0.2, -0.15) is 0 Å². The van der Waals surface area contributed by atoms with Crippen molar-refractivity contribution in [2.24, 2.45) is 0 Å². The van der Waals surface area contributed by atoms with Crippen LogP contribution in [0.25, 0.3) is 0 Å². The van der Waals surface area contributed by atoms with Crippen molar-refractivity contribution in [1.82, 2.24) is 5.32 Å². The highest BCUT2D eigenvalue weighted by Crippen LogP contribution is 2.35. The van der Waals surface area contributed by atoms with E-state index in [1.807, 2.05) is 0 Å². The maximum absolute atomic E-state index is 11.1. The largest absolute Gasteiger partial charge is 0.438 e. The van der Waals surface area contributed by atoms with Crippen molar-refractivity contribution in [3.63, 3.8) is 0 Å². The van der Waals surface area contributed by atoms with Crippen molar-refractivity contribution in [3.05, 3.63) is 0 Å². The Morgan fingerprint density at radius 3 is 2.67 bits per heavy atom. The van der Waals surface area contributed by atoms with Crippen LogP contribution in [0.2, 0.25) is 0 Å². The summed E-state index contributed by atoms with van der Waals surface area (Å²) >= 11 is 0. The van der Waals surface area contributed by atoms with Crippen LogP contribution in [0.15, 0.2) is 0 Å². The van der Waals surface area contributed by atoms with Crippen LogP contribution in [0.4, 0.5) is 4.79 Å². The van der Waals surface area contributed by atoms with Crippen LogP contribution in [0, 0.1) is 0 Å². The van der Waals surface area contributed by atoms with Gasteiger partial charge in [-0.25, -0.2) is 4.79 Å². The number of carbonyl (C=O) groups excluding carboxylic acids is 1. The summed E-state index contributed by atoms with van der Waals surface area (Å²) in [5.41, 5.74) is -1.51. The summed E-state index contributed by atoms with van der Waals surface area (Å²) in [5, 5.41) is 40.1. The summed E-state index contributed by atoms with van der Waals surface area (Å²) in [5.74, 6) is 0. The molecule has 5 N–H and O–H groups in total. The van der Waals surface area contributed by atoms with E-state index in [-0.39, 0.29) is 6.42 Å². The first-order chi connectivity index (χ1) is 7.00. The molecule has 0 aromatic heterocycles. The molecule has 5 atom stereocenters. The number of ether oxygens (including phenoxy) is 1. The number of aliphatic hydroxyl groups excluding tert-OH is 4. The molecule has 1 aliphatic heterocycles. The molecule has 0 spiro atoms. The van der Waals surface area contributed by atoms with E-state index < -0.39 is 42.7 Å². The molecule has 0 radical (unpaired) electrons. The number of aliphatic hydroxyl groups is 4. The van der Waals surface area contributed by atoms with Crippen molar-refractivity contribution >= 4 is 6.09 Å². The first-order valence-electron chi connectivity index (χ1n) is 4.65. The Hall–Kier alpha value is -0.890. The lowest BCUT2D eigenvalue weighted by Gasteiger charge is -2.50. The molecule has 2 rings (SSSR count). The van der Waals surface area contributed by atoms with Gasteiger partial charge in [0.05, 0.1) is 12.6 Å². The normalized spacial score (nSPS) is 49.5. The molecule has 0 aromatic carbocycles. The topological polar surface area (TPSA) is 119 Å². The molecule has 1 saturated carbocycles. The molecule has 15 heavy (non-hydrogen) atoms. The van der Waals surface area contributed by atoms with Crippen molar-refractivity contribution in [3.8, 4) is 0 Å². The predicted octanol–water partition coefficient (Wildman–Crippen LogP) is -2.69. The number of hydrogen-bond donors (Lipinski definition) is 5. The maximum Gasteiger partial charge on any atom is 0.408 e. The van der Waals surface area contributed by atoms with Gasteiger partial charge < -0.3 is 30.5 Å². The van der Waals surface area contributed by atoms with E-state index >= 15 is 0 Å². The molecule has 1 amide bonds. The molecule has 7 heteroatoms. The van der Waals surface area contributed by atoms with Crippen LogP contribution in [0.5, 0.6) is 0 Å². The molecule has 1 saturated heterocycles. The summed E-state index contributed by atoms with van der Waals surface area (Å²) in [6.45, 7) is -0.595. The summed E-state index contributed by atoms with van der Waals surface area (Å²) in [4.78, 5) is 11.1. The molecular formula is C8H13NO6. The van der Waals surface area contributed by atoms with E-state index in [0.717, 1.165) is 0 Å². The van der Waals surface area contributed by atoms with E-state index in [9.17, 15) is 20.1 Å². The molecule has 86 valence electrons. The second-order valence-corrected chi connectivity index (χ2v) is 3.99. The van der Waals surface area contributed by atoms with Crippen LogP contribution < -0.4 is 5.32 Å². The van der Waals surface area contributed by atoms with Gasteiger partial charge in [-0.15, -0.1) is 0 Å². The van der Waals surface area contributed by atoms with Crippen LogP contribution in [-0.4, -0.2) is 63.1 Å². The van der Waals surface area contributed by atoms with E-state index in [2.05, 4.69) is 5.32 Å². The number of carbonyl (C=O) groups is 1. The number of rotatable bonds is 1. The minimum Gasteiger partial charge on any atom is -0.438 e. The zero-order valence-corrected chi connectivity index (χ0v) is 7.83. The number of hydrogen-bond acceptors (Lipinski definition) is 6. The van der Waals surface area contributed by atoms with Crippen molar-refractivity contribution in [2.75, 3.05) is 6.61 Å². The summed E-state index contributed by atoms with van der Waals surface area (Å²) in [6.07, 6.45) is -4.94. The fourth-order valence-electron chi connectivity index (χ4n) is 2.14. The monoisotopic (exact) mass is 219 g/mol. The number of amides is 1. The number of fused-ring (bicyclic) bond motifs is 2. The second-order valence-electron chi connectivity index (χ2n) is 3.99. The van der Waals surface area contributed by atoms with Crippen molar-refractivity contribution in [1.29, 1.82) is 0 Å². The summed E-state index contributed by atoms with van der Waals surface area (Å²) in [6, 6.07) is -0.711. The molecule has 0 aromatic rings. The van der Waals surface area contributed by atoms with E-state index in [0.29, 0.717) is 0 Å². The van der Waals surface area contributed by atoms with E-state index in [1.54, 1.807) is 0 Å². The molecule has 0 unspecified atom stereocenters. The highest BCUT2D eigenvalue weighted by molar-refractivity contribution is 5.69. The zero-order chi connectivity index (χ0) is 11.2. The third-order valence-corrected chi connectivity index (χ3v) is 3.06. The Labute approximate surface area is 85.3 Å².